The van der Waals surface area contributed by atoms with Crippen LogP contribution in [0.5, 0.6) is 0 Å². The summed E-state index contributed by atoms with van der Waals surface area (Å²) in [5.41, 5.74) is 0.311. The van der Waals surface area contributed by atoms with Crippen molar-refractivity contribution in [3.8, 4) is 0 Å². The molecule has 21 heavy (non-hydrogen) atoms. The van der Waals surface area contributed by atoms with E-state index in [4.69, 9.17) is 0 Å². The fourth-order valence-electron chi connectivity index (χ4n) is 1.73. The van der Waals surface area contributed by atoms with E-state index in [1.54, 1.807) is 6.07 Å². The Morgan fingerprint density at radius 3 is 2.52 bits per heavy atom. The van der Waals surface area contributed by atoms with Gasteiger partial charge in [0.05, 0.1) is 16.7 Å². The molecule has 2 rings (SSSR count). The normalized spacial score (nSPS) is 13.0. The Morgan fingerprint density at radius 1 is 1.24 bits per heavy atom. The number of aliphatic hydroxyl groups excluding tert-OH is 1. The Hall–Kier alpha value is -1.44. The van der Waals surface area contributed by atoms with Gasteiger partial charge in [0.15, 0.2) is 0 Å². The highest BCUT2D eigenvalue weighted by Crippen LogP contribution is 2.28. The molecule has 0 heterocycles. The average Bonchev–Trinajstić information content (AvgIpc) is 2.43. The largest absolute Gasteiger partial charge is 0.389 e. The van der Waals surface area contributed by atoms with E-state index in [0.29, 0.717) is 10.0 Å². The van der Waals surface area contributed by atoms with E-state index in [1.165, 1.54) is 37.3 Å². The van der Waals surface area contributed by atoms with Gasteiger partial charge in [-0.05, 0) is 52.7 Å². The first-order chi connectivity index (χ1) is 9.81. The molecule has 0 aliphatic heterocycles. The Balaban J connectivity index is 2.41. The molecule has 0 spiro atoms. The maximum atomic E-state index is 13.7. The highest BCUT2D eigenvalue weighted by atomic mass is 79.9. The second-order valence-electron chi connectivity index (χ2n) is 4.45. The predicted octanol–water partition coefficient (Wildman–Crippen LogP) is 3.44. The molecule has 0 fully saturated rings. The van der Waals surface area contributed by atoms with Crippen molar-refractivity contribution in [2.24, 2.45) is 0 Å². The van der Waals surface area contributed by atoms with Crippen LogP contribution in [0.2, 0.25) is 0 Å². The van der Waals surface area contributed by atoms with Crippen LogP contribution in [0.3, 0.4) is 0 Å². The summed E-state index contributed by atoms with van der Waals surface area (Å²) in [6, 6.07) is 10.0. The van der Waals surface area contributed by atoms with Crippen molar-refractivity contribution in [3.63, 3.8) is 0 Å². The van der Waals surface area contributed by atoms with Crippen LogP contribution in [0, 0.1) is 5.82 Å². The van der Waals surface area contributed by atoms with Gasteiger partial charge in [0.1, 0.15) is 5.82 Å². The Bertz CT molecular complexity index is 742. The number of para-hydroxylation sites is 1. The van der Waals surface area contributed by atoms with Crippen molar-refractivity contribution in [1.29, 1.82) is 0 Å². The van der Waals surface area contributed by atoms with Crippen LogP contribution in [-0.2, 0) is 10.0 Å². The summed E-state index contributed by atoms with van der Waals surface area (Å²) in [6.07, 6.45) is -0.791. The van der Waals surface area contributed by atoms with E-state index in [2.05, 4.69) is 20.7 Å². The minimum absolute atomic E-state index is 0.0453. The van der Waals surface area contributed by atoms with Crippen LogP contribution in [0.25, 0.3) is 0 Å². The number of benzene rings is 2. The summed E-state index contributed by atoms with van der Waals surface area (Å²) in [4.78, 5) is -0.0453. The Morgan fingerprint density at radius 2 is 1.90 bits per heavy atom. The lowest BCUT2D eigenvalue weighted by atomic mass is 10.1. The third-order valence-electron chi connectivity index (χ3n) is 2.85. The number of nitrogens with one attached hydrogen (secondary N) is 1. The van der Waals surface area contributed by atoms with Gasteiger partial charge in [-0.15, -0.1) is 0 Å². The van der Waals surface area contributed by atoms with Gasteiger partial charge in [-0.2, -0.15) is 0 Å². The van der Waals surface area contributed by atoms with E-state index < -0.39 is 21.9 Å². The zero-order chi connectivity index (χ0) is 15.6. The second-order valence-corrected chi connectivity index (χ2v) is 6.99. The van der Waals surface area contributed by atoms with E-state index in [9.17, 15) is 17.9 Å². The van der Waals surface area contributed by atoms with Crippen molar-refractivity contribution in [3.05, 3.63) is 58.3 Å². The van der Waals surface area contributed by atoms with Gasteiger partial charge in [-0.3, -0.25) is 4.72 Å². The summed E-state index contributed by atoms with van der Waals surface area (Å²) in [5.74, 6) is -0.681. The molecule has 0 amide bonds. The Labute approximate surface area is 130 Å². The molecule has 1 atom stereocenters. The third kappa shape index (κ3) is 3.61. The maximum absolute atomic E-state index is 13.7. The van der Waals surface area contributed by atoms with Crippen LogP contribution in [0.4, 0.5) is 10.1 Å². The lowest BCUT2D eigenvalue weighted by Crippen LogP contribution is -2.14. The van der Waals surface area contributed by atoms with Gasteiger partial charge >= 0.3 is 0 Å². The number of halogens is 2. The minimum atomic E-state index is -3.95. The fraction of sp³-hybridized carbons (Fsp3) is 0.143. The molecule has 0 saturated heterocycles. The van der Waals surface area contributed by atoms with E-state index >= 15 is 0 Å². The van der Waals surface area contributed by atoms with Gasteiger partial charge < -0.3 is 5.11 Å². The first kappa shape index (κ1) is 15.9. The van der Waals surface area contributed by atoms with Crippen LogP contribution in [-0.4, -0.2) is 13.5 Å². The van der Waals surface area contributed by atoms with Gasteiger partial charge in [0.2, 0.25) is 0 Å². The minimum Gasteiger partial charge on any atom is -0.389 e. The summed E-state index contributed by atoms with van der Waals surface area (Å²) in [7, 11) is -3.95. The quantitative estimate of drug-likeness (QED) is 0.862. The first-order valence-corrected chi connectivity index (χ1v) is 8.34. The molecular weight excluding hydrogens is 361 g/mol. The molecule has 4 nitrogen and oxygen atoms in total. The zero-order valence-electron chi connectivity index (χ0n) is 11.0. The van der Waals surface area contributed by atoms with Crippen molar-refractivity contribution >= 4 is 31.6 Å². The molecule has 2 aromatic rings. The predicted molar refractivity (Wildman–Crippen MR) is 82.0 cm³/mol. The lowest BCUT2D eigenvalue weighted by Gasteiger charge is -2.12. The van der Waals surface area contributed by atoms with Gasteiger partial charge in [0.25, 0.3) is 10.0 Å². The van der Waals surface area contributed by atoms with Crippen molar-refractivity contribution in [2.45, 2.75) is 17.9 Å². The molecule has 112 valence electrons. The molecule has 0 aromatic heterocycles. The summed E-state index contributed by atoms with van der Waals surface area (Å²) < 4.78 is 40.8. The number of hydrogen-bond acceptors (Lipinski definition) is 3. The second kappa shape index (κ2) is 6.13. The van der Waals surface area contributed by atoms with Crippen molar-refractivity contribution < 1.29 is 17.9 Å². The third-order valence-corrected chi connectivity index (χ3v) is 4.86. The molecule has 1 unspecified atom stereocenters. The molecule has 0 radical (unpaired) electrons. The molecule has 0 aliphatic rings. The Kier molecular flexibility index (Phi) is 4.65. The topological polar surface area (TPSA) is 66.4 Å². The van der Waals surface area contributed by atoms with Gasteiger partial charge in [-0.1, -0.05) is 18.2 Å². The zero-order valence-corrected chi connectivity index (χ0v) is 13.4. The summed E-state index contributed by atoms with van der Waals surface area (Å²) in [6.45, 7) is 1.53. The van der Waals surface area contributed by atoms with Crippen molar-refractivity contribution in [1.82, 2.24) is 0 Å². The van der Waals surface area contributed by atoms with Crippen LogP contribution in [0.1, 0.15) is 18.6 Å². The number of sulfonamides is 1. The number of anilines is 1. The molecule has 0 bridgehead atoms. The maximum Gasteiger partial charge on any atom is 0.262 e. The molecule has 0 saturated carbocycles. The van der Waals surface area contributed by atoms with Crippen molar-refractivity contribution in [2.75, 3.05) is 4.72 Å². The SMILES string of the molecule is CC(O)c1cccc(S(=O)(=O)Nc2c(F)cccc2Br)c1. The van der Waals surface area contributed by atoms with Crippen LogP contribution >= 0.6 is 15.9 Å². The molecule has 2 aromatic carbocycles. The van der Waals surface area contributed by atoms with E-state index in [0.717, 1.165) is 6.07 Å². The molecular formula is C14H13BrFNO3S. The van der Waals surface area contributed by atoms with E-state index in [-0.39, 0.29) is 10.6 Å². The number of aliphatic hydroxyl groups is 1. The standard InChI is InChI=1S/C14H13BrFNO3S/c1-9(18)10-4-2-5-11(8-10)21(19,20)17-14-12(15)6-3-7-13(14)16/h2-9,17-18H,1H3. The average molecular weight is 374 g/mol. The lowest BCUT2D eigenvalue weighted by molar-refractivity contribution is 0.199. The summed E-state index contributed by atoms with van der Waals surface area (Å²) in [5, 5.41) is 9.51. The highest BCUT2D eigenvalue weighted by Gasteiger charge is 2.19. The number of hydrogen-bond donors (Lipinski definition) is 2. The molecule has 7 heteroatoms. The van der Waals surface area contributed by atoms with Crippen LogP contribution < -0.4 is 4.72 Å². The summed E-state index contributed by atoms with van der Waals surface area (Å²) >= 11 is 3.10. The first-order valence-electron chi connectivity index (χ1n) is 6.06. The monoisotopic (exact) mass is 373 g/mol. The van der Waals surface area contributed by atoms with E-state index in [1.807, 2.05) is 0 Å². The highest BCUT2D eigenvalue weighted by molar-refractivity contribution is 9.10. The number of rotatable bonds is 4. The van der Waals surface area contributed by atoms with Gasteiger partial charge in [0, 0.05) is 4.47 Å². The fourth-order valence-corrected chi connectivity index (χ4v) is 3.45. The van der Waals surface area contributed by atoms with Crippen LogP contribution in [0.15, 0.2) is 51.8 Å². The molecule has 0 aliphatic carbocycles. The van der Waals surface area contributed by atoms with Gasteiger partial charge in [-0.25, -0.2) is 12.8 Å². The molecule has 2 N–H and O–H groups in total. The smallest absolute Gasteiger partial charge is 0.262 e.